The van der Waals surface area contributed by atoms with E-state index in [0.717, 1.165) is 16.5 Å². The average molecular weight is 564 g/mol. The fraction of sp³-hybridized carbons (Fsp3) is 0.214. The maximum absolute atomic E-state index is 13.4. The molecule has 4 aromatic rings. The third-order valence-electron chi connectivity index (χ3n) is 6.01. The molecule has 4 rings (SSSR count). The summed E-state index contributed by atoms with van der Waals surface area (Å²) in [5.74, 6) is 0.542. The second kappa shape index (κ2) is 11.4. The lowest BCUT2D eigenvalue weighted by Gasteiger charge is -2.15. The number of carboxylic acid groups (broad SMARTS) is 1. The van der Waals surface area contributed by atoms with Crippen molar-refractivity contribution in [3.63, 3.8) is 0 Å². The van der Waals surface area contributed by atoms with Crippen molar-refractivity contribution in [3.8, 4) is 11.5 Å². The third kappa shape index (κ3) is 5.72. The number of hydrogen-bond donors (Lipinski definition) is 1. The molecule has 3 aromatic carbocycles. The van der Waals surface area contributed by atoms with Gasteiger partial charge in [-0.3, -0.25) is 4.79 Å². The summed E-state index contributed by atoms with van der Waals surface area (Å²) in [4.78, 5) is 29.3. The van der Waals surface area contributed by atoms with Crippen molar-refractivity contribution in [1.29, 1.82) is 0 Å². The van der Waals surface area contributed by atoms with Crippen LogP contribution >= 0.6 is 15.9 Å². The topological polar surface area (TPSA) is 103 Å². The number of aromatic carboxylic acids is 1. The lowest BCUT2D eigenvalue weighted by atomic mass is 10.1. The minimum Gasteiger partial charge on any atom is -0.493 e. The standard InChI is InChI=1S/C28H26BrN3O5/c1-4-17(2)26-31-23-13-12-21(29)14-22(23)27(33)32(26)30-15-20-6-5-7-24(36-3)25(20)37-16-18-8-10-19(11-9-18)28(34)35/h5-15,17H,4,16H2,1-3H3,(H,34,35)/t17-/m1/s1. The molecule has 0 aliphatic carbocycles. The van der Waals surface area contributed by atoms with E-state index in [0.29, 0.717) is 33.8 Å². The highest BCUT2D eigenvalue weighted by Crippen LogP contribution is 2.31. The molecule has 0 aliphatic heterocycles. The zero-order valence-electron chi connectivity index (χ0n) is 20.6. The average Bonchev–Trinajstić information content (AvgIpc) is 2.91. The number of para-hydroxylation sites is 1. The van der Waals surface area contributed by atoms with E-state index in [9.17, 15) is 9.59 Å². The Morgan fingerprint density at radius 1 is 1.19 bits per heavy atom. The van der Waals surface area contributed by atoms with Gasteiger partial charge in [0.05, 0.1) is 29.8 Å². The molecule has 0 unspecified atom stereocenters. The molecule has 0 amide bonds. The number of nitrogens with zero attached hydrogens (tertiary/aromatic N) is 3. The van der Waals surface area contributed by atoms with Gasteiger partial charge in [-0.15, -0.1) is 0 Å². The summed E-state index contributed by atoms with van der Waals surface area (Å²) in [6.45, 7) is 4.23. The van der Waals surface area contributed by atoms with Crippen molar-refractivity contribution in [1.82, 2.24) is 9.66 Å². The van der Waals surface area contributed by atoms with Crippen LogP contribution in [0.3, 0.4) is 0 Å². The summed E-state index contributed by atoms with van der Waals surface area (Å²) in [6, 6.07) is 17.3. The molecule has 8 nitrogen and oxygen atoms in total. The van der Waals surface area contributed by atoms with Crippen LogP contribution in [0.4, 0.5) is 0 Å². The van der Waals surface area contributed by atoms with Crippen LogP contribution in [0.1, 0.15) is 53.5 Å². The van der Waals surface area contributed by atoms with Crippen molar-refractivity contribution < 1.29 is 19.4 Å². The molecular formula is C28H26BrN3O5. The quantitative estimate of drug-likeness (QED) is 0.256. The summed E-state index contributed by atoms with van der Waals surface area (Å²) in [5.41, 5.74) is 1.96. The van der Waals surface area contributed by atoms with E-state index < -0.39 is 5.97 Å². The Labute approximate surface area is 222 Å². The molecule has 1 N–H and O–H groups in total. The van der Waals surface area contributed by atoms with Crippen molar-refractivity contribution in [3.05, 3.63) is 98.0 Å². The zero-order chi connectivity index (χ0) is 26.5. The minimum absolute atomic E-state index is 0.00713. The van der Waals surface area contributed by atoms with Gasteiger partial charge in [0.15, 0.2) is 11.5 Å². The van der Waals surface area contributed by atoms with E-state index in [1.807, 2.05) is 38.1 Å². The molecule has 37 heavy (non-hydrogen) atoms. The Hall–Kier alpha value is -3.98. The van der Waals surface area contributed by atoms with Crippen LogP contribution in [0.5, 0.6) is 11.5 Å². The highest BCUT2D eigenvalue weighted by Gasteiger charge is 2.16. The van der Waals surface area contributed by atoms with Gasteiger partial charge in [0, 0.05) is 16.0 Å². The number of methoxy groups -OCH3 is 1. The highest BCUT2D eigenvalue weighted by atomic mass is 79.9. The number of ether oxygens (including phenoxy) is 2. The van der Waals surface area contributed by atoms with Crippen LogP contribution in [0, 0.1) is 0 Å². The van der Waals surface area contributed by atoms with E-state index in [2.05, 4.69) is 21.0 Å². The molecule has 0 fully saturated rings. The van der Waals surface area contributed by atoms with Gasteiger partial charge in [0.2, 0.25) is 0 Å². The van der Waals surface area contributed by atoms with Gasteiger partial charge >= 0.3 is 5.97 Å². The Morgan fingerprint density at radius 2 is 1.95 bits per heavy atom. The first kappa shape index (κ1) is 26.1. The van der Waals surface area contributed by atoms with Crippen molar-refractivity contribution in [2.75, 3.05) is 7.11 Å². The third-order valence-corrected chi connectivity index (χ3v) is 6.51. The van der Waals surface area contributed by atoms with Crippen molar-refractivity contribution in [2.45, 2.75) is 32.8 Å². The molecule has 0 aliphatic rings. The molecular weight excluding hydrogens is 538 g/mol. The predicted octanol–water partition coefficient (Wildman–Crippen LogP) is 5.84. The highest BCUT2D eigenvalue weighted by molar-refractivity contribution is 9.10. The molecule has 1 atom stereocenters. The predicted molar refractivity (Wildman–Crippen MR) is 146 cm³/mol. The molecule has 0 radical (unpaired) electrons. The SMILES string of the molecule is CC[C@@H](C)c1nc2ccc(Br)cc2c(=O)n1N=Cc1cccc(OC)c1OCc1ccc(C(=O)O)cc1. The fourth-order valence-corrected chi connectivity index (χ4v) is 4.11. The van der Waals surface area contributed by atoms with Crippen molar-refractivity contribution >= 4 is 39.0 Å². The Kier molecular flexibility index (Phi) is 8.03. The largest absolute Gasteiger partial charge is 0.493 e. The van der Waals surface area contributed by atoms with Crippen LogP contribution < -0.4 is 15.0 Å². The lowest BCUT2D eigenvalue weighted by molar-refractivity contribution is 0.0697. The van der Waals surface area contributed by atoms with Gasteiger partial charge in [-0.1, -0.05) is 48.0 Å². The molecule has 0 saturated heterocycles. The first-order chi connectivity index (χ1) is 17.8. The smallest absolute Gasteiger partial charge is 0.335 e. The van der Waals surface area contributed by atoms with E-state index in [-0.39, 0.29) is 23.6 Å². The maximum Gasteiger partial charge on any atom is 0.335 e. The molecule has 1 heterocycles. The summed E-state index contributed by atoms with van der Waals surface area (Å²) in [5, 5.41) is 14.1. The number of fused-ring (bicyclic) bond motifs is 1. The minimum atomic E-state index is -0.988. The molecule has 1 aromatic heterocycles. The van der Waals surface area contributed by atoms with E-state index >= 15 is 0 Å². The lowest BCUT2D eigenvalue weighted by Crippen LogP contribution is -2.23. The van der Waals surface area contributed by atoms with Crippen LogP contribution in [0.2, 0.25) is 0 Å². The van der Waals surface area contributed by atoms with Gasteiger partial charge < -0.3 is 14.6 Å². The second-order valence-corrected chi connectivity index (χ2v) is 9.39. The normalized spacial score (nSPS) is 12.1. The van der Waals surface area contributed by atoms with Crippen LogP contribution in [0.15, 0.2) is 75.0 Å². The van der Waals surface area contributed by atoms with Crippen LogP contribution in [-0.4, -0.2) is 34.1 Å². The molecule has 0 bridgehead atoms. The van der Waals surface area contributed by atoms with Crippen LogP contribution in [0.25, 0.3) is 10.9 Å². The molecule has 0 saturated carbocycles. The van der Waals surface area contributed by atoms with E-state index in [1.54, 1.807) is 37.6 Å². The second-order valence-electron chi connectivity index (χ2n) is 8.47. The van der Waals surface area contributed by atoms with Crippen LogP contribution in [-0.2, 0) is 6.61 Å². The van der Waals surface area contributed by atoms with Gasteiger partial charge in [-0.05, 0) is 54.4 Å². The number of benzene rings is 3. The van der Waals surface area contributed by atoms with Crippen molar-refractivity contribution in [2.24, 2.45) is 5.10 Å². The summed E-state index contributed by atoms with van der Waals surface area (Å²) in [6.07, 6.45) is 2.35. The first-order valence-corrected chi connectivity index (χ1v) is 12.5. The fourth-order valence-electron chi connectivity index (χ4n) is 3.75. The Bertz CT molecular complexity index is 1530. The van der Waals surface area contributed by atoms with Gasteiger partial charge in [0.25, 0.3) is 5.56 Å². The number of hydrogen-bond acceptors (Lipinski definition) is 6. The summed E-state index contributed by atoms with van der Waals surface area (Å²) >= 11 is 3.43. The van der Waals surface area contributed by atoms with Gasteiger partial charge in [-0.25, -0.2) is 9.78 Å². The molecule has 0 spiro atoms. The molecule has 9 heteroatoms. The number of carbonyl (C=O) groups is 1. The maximum atomic E-state index is 13.4. The van der Waals surface area contributed by atoms with Gasteiger partial charge in [0.1, 0.15) is 12.4 Å². The number of halogens is 1. The monoisotopic (exact) mass is 563 g/mol. The van der Waals surface area contributed by atoms with Gasteiger partial charge in [-0.2, -0.15) is 9.78 Å². The number of aromatic nitrogens is 2. The van der Waals surface area contributed by atoms with E-state index in [1.165, 1.54) is 16.8 Å². The summed E-state index contributed by atoms with van der Waals surface area (Å²) < 4.78 is 13.7. The number of carboxylic acids is 1. The number of rotatable bonds is 9. The molecule has 190 valence electrons. The Balaban J connectivity index is 1.73. The Morgan fingerprint density at radius 3 is 2.62 bits per heavy atom. The van der Waals surface area contributed by atoms with E-state index in [4.69, 9.17) is 19.6 Å². The zero-order valence-corrected chi connectivity index (χ0v) is 22.2. The summed E-state index contributed by atoms with van der Waals surface area (Å²) in [7, 11) is 1.54. The first-order valence-electron chi connectivity index (χ1n) is 11.7.